The van der Waals surface area contributed by atoms with Gasteiger partial charge in [0.15, 0.2) is 5.69 Å². The normalized spacial score (nSPS) is 20.4. The highest BCUT2D eigenvalue weighted by Crippen LogP contribution is 2.18. The van der Waals surface area contributed by atoms with Crippen molar-refractivity contribution in [3.05, 3.63) is 39.8 Å². The molecule has 2 aliphatic heterocycles. The smallest absolute Gasteiger partial charge is 0.318 e. The highest BCUT2D eigenvalue weighted by molar-refractivity contribution is 7.09. The Kier molecular flexibility index (Phi) is 4.91. The molecule has 0 saturated carbocycles. The minimum atomic E-state index is -0.0149. The van der Waals surface area contributed by atoms with E-state index in [1.54, 1.807) is 17.4 Å². The maximum atomic E-state index is 12.7. The van der Waals surface area contributed by atoms with E-state index >= 15 is 0 Å². The van der Waals surface area contributed by atoms with Crippen molar-refractivity contribution in [1.29, 1.82) is 5.26 Å². The average Bonchev–Trinajstić information content (AvgIpc) is 3.30. The minimum Gasteiger partial charge on any atom is -0.334 e. The molecular weight excluding hydrogens is 348 g/mol. The number of urea groups is 1. The molecule has 1 N–H and O–H groups in total. The van der Waals surface area contributed by atoms with E-state index in [0.717, 1.165) is 38.2 Å². The van der Waals surface area contributed by atoms with Crippen molar-refractivity contribution in [3.8, 4) is 6.07 Å². The quantitative estimate of drug-likeness (QED) is 0.897. The van der Waals surface area contributed by atoms with E-state index in [4.69, 9.17) is 5.26 Å². The summed E-state index contributed by atoms with van der Waals surface area (Å²) in [5.74, 6) is 0. The molecule has 8 heteroatoms. The molecular formula is C18H22N6OS. The molecule has 0 bridgehead atoms. The third-order valence-corrected chi connectivity index (χ3v) is 5.85. The summed E-state index contributed by atoms with van der Waals surface area (Å²) in [5, 5.41) is 18.5. The van der Waals surface area contributed by atoms with E-state index in [9.17, 15) is 4.79 Å². The number of rotatable bonds is 3. The Morgan fingerprint density at radius 1 is 1.42 bits per heavy atom. The lowest BCUT2D eigenvalue weighted by Gasteiger charge is -2.35. The second kappa shape index (κ2) is 7.48. The predicted octanol–water partition coefficient (Wildman–Crippen LogP) is 2.01. The molecule has 1 saturated heterocycles. The summed E-state index contributed by atoms with van der Waals surface area (Å²) in [5.41, 5.74) is 1.34. The van der Waals surface area contributed by atoms with Crippen molar-refractivity contribution >= 4 is 17.4 Å². The fourth-order valence-corrected chi connectivity index (χ4v) is 4.45. The molecule has 4 heterocycles. The Balaban J connectivity index is 1.32. The van der Waals surface area contributed by atoms with Gasteiger partial charge in [0.05, 0.1) is 18.8 Å². The molecule has 0 spiro atoms. The molecule has 4 rings (SSSR count). The molecule has 7 nitrogen and oxygen atoms in total. The summed E-state index contributed by atoms with van der Waals surface area (Å²) in [4.78, 5) is 18.3. The van der Waals surface area contributed by atoms with Crippen LogP contribution >= 0.6 is 11.3 Å². The summed E-state index contributed by atoms with van der Waals surface area (Å²) >= 11 is 1.78. The number of amides is 2. The number of nitrogens with zero attached hydrogens (tertiary/aromatic N) is 5. The minimum absolute atomic E-state index is 0.0149. The summed E-state index contributed by atoms with van der Waals surface area (Å²) < 4.78 is 1.83. The van der Waals surface area contributed by atoms with E-state index < -0.39 is 0 Å². The zero-order valence-electron chi connectivity index (χ0n) is 14.6. The van der Waals surface area contributed by atoms with Gasteiger partial charge in [-0.05, 0) is 36.9 Å². The molecule has 0 radical (unpaired) electrons. The van der Waals surface area contributed by atoms with Gasteiger partial charge in [-0.1, -0.05) is 6.07 Å². The number of nitrogens with one attached hydrogen (secondary N) is 1. The Morgan fingerprint density at radius 3 is 3.15 bits per heavy atom. The first-order valence-electron chi connectivity index (χ1n) is 8.98. The molecule has 2 aromatic heterocycles. The molecule has 1 atom stereocenters. The number of likely N-dealkylation sites (tertiary alicyclic amines) is 1. The summed E-state index contributed by atoms with van der Waals surface area (Å²) in [6.07, 6.45) is 2.13. The van der Waals surface area contributed by atoms with Crippen LogP contribution < -0.4 is 5.32 Å². The highest BCUT2D eigenvalue weighted by atomic mass is 32.1. The fourth-order valence-electron chi connectivity index (χ4n) is 3.70. The number of fused-ring (bicyclic) bond motifs is 1. The van der Waals surface area contributed by atoms with E-state index in [1.165, 1.54) is 4.88 Å². The van der Waals surface area contributed by atoms with E-state index in [2.05, 4.69) is 38.9 Å². The van der Waals surface area contributed by atoms with E-state index in [-0.39, 0.29) is 12.1 Å². The number of hydrogen-bond donors (Lipinski definition) is 1. The highest BCUT2D eigenvalue weighted by Gasteiger charge is 2.26. The van der Waals surface area contributed by atoms with Crippen molar-refractivity contribution in [3.63, 3.8) is 0 Å². The van der Waals surface area contributed by atoms with Crippen LogP contribution in [0.1, 0.15) is 29.1 Å². The number of carbonyl (C=O) groups is 1. The summed E-state index contributed by atoms with van der Waals surface area (Å²) in [6.45, 7) is 4.71. The van der Waals surface area contributed by atoms with Crippen LogP contribution in [-0.2, 0) is 19.6 Å². The molecule has 0 aliphatic carbocycles. The first-order chi connectivity index (χ1) is 12.7. The van der Waals surface area contributed by atoms with E-state index in [1.807, 2.05) is 9.58 Å². The maximum Gasteiger partial charge on any atom is 0.318 e. The van der Waals surface area contributed by atoms with Crippen LogP contribution in [0.25, 0.3) is 0 Å². The van der Waals surface area contributed by atoms with Gasteiger partial charge in [0, 0.05) is 30.6 Å². The third kappa shape index (κ3) is 3.74. The average molecular weight is 370 g/mol. The molecule has 2 amide bonds. The van der Waals surface area contributed by atoms with Gasteiger partial charge in [-0.2, -0.15) is 10.4 Å². The molecule has 0 aromatic carbocycles. The Labute approximate surface area is 156 Å². The Bertz CT molecular complexity index is 808. The van der Waals surface area contributed by atoms with Crippen LogP contribution in [0.5, 0.6) is 0 Å². The largest absolute Gasteiger partial charge is 0.334 e. The van der Waals surface area contributed by atoms with Crippen LogP contribution in [-0.4, -0.2) is 51.3 Å². The Hall–Kier alpha value is -2.37. The zero-order chi connectivity index (χ0) is 17.9. The predicted molar refractivity (Wildman–Crippen MR) is 98.5 cm³/mol. The molecule has 1 unspecified atom stereocenters. The topological polar surface area (TPSA) is 77.2 Å². The lowest BCUT2D eigenvalue weighted by Crippen LogP contribution is -2.52. The lowest BCUT2D eigenvalue weighted by molar-refractivity contribution is 0.155. The molecule has 26 heavy (non-hydrogen) atoms. The molecule has 1 fully saturated rings. The van der Waals surface area contributed by atoms with Crippen molar-refractivity contribution in [2.45, 2.75) is 38.5 Å². The fraction of sp³-hybridized carbons (Fsp3) is 0.500. The second-order valence-electron chi connectivity index (χ2n) is 6.88. The van der Waals surface area contributed by atoms with Gasteiger partial charge in [-0.25, -0.2) is 4.79 Å². The van der Waals surface area contributed by atoms with Gasteiger partial charge < -0.3 is 10.2 Å². The van der Waals surface area contributed by atoms with Gasteiger partial charge in [-0.15, -0.1) is 11.3 Å². The lowest BCUT2D eigenvalue weighted by atomic mass is 10.1. The standard InChI is InChI=1S/C18H22N6OS/c19-10-15-9-16-12-23(6-7-24(16)21-15)18(25)20-14-3-1-5-22(11-14)13-17-4-2-8-26-17/h2,4,8-9,14H,1,3,5-7,11-13H2,(H,20,25). The van der Waals surface area contributed by atoms with Gasteiger partial charge in [-0.3, -0.25) is 9.58 Å². The van der Waals surface area contributed by atoms with Gasteiger partial charge in [0.25, 0.3) is 0 Å². The Morgan fingerprint density at radius 2 is 2.35 bits per heavy atom. The number of carbonyl (C=O) groups excluding carboxylic acids is 1. The summed E-state index contributed by atoms with van der Waals surface area (Å²) in [7, 11) is 0. The first kappa shape index (κ1) is 17.1. The van der Waals surface area contributed by atoms with Gasteiger partial charge in [0.1, 0.15) is 6.07 Å². The third-order valence-electron chi connectivity index (χ3n) is 4.99. The van der Waals surface area contributed by atoms with Gasteiger partial charge in [0.2, 0.25) is 0 Å². The number of nitriles is 1. The monoisotopic (exact) mass is 370 g/mol. The van der Waals surface area contributed by atoms with Crippen LogP contribution in [0, 0.1) is 11.3 Å². The zero-order valence-corrected chi connectivity index (χ0v) is 15.4. The molecule has 136 valence electrons. The first-order valence-corrected chi connectivity index (χ1v) is 9.86. The number of piperidine rings is 1. The van der Waals surface area contributed by atoms with E-state index in [0.29, 0.717) is 25.3 Å². The molecule has 2 aromatic rings. The summed E-state index contributed by atoms with van der Waals surface area (Å²) in [6, 6.07) is 8.26. The van der Waals surface area contributed by atoms with Crippen LogP contribution in [0.4, 0.5) is 4.79 Å². The maximum absolute atomic E-state index is 12.7. The number of hydrogen-bond acceptors (Lipinski definition) is 5. The van der Waals surface area contributed by atoms with Crippen molar-refractivity contribution in [1.82, 2.24) is 24.9 Å². The van der Waals surface area contributed by atoms with Crippen molar-refractivity contribution in [2.75, 3.05) is 19.6 Å². The van der Waals surface area contributed by atoms with Crippen LogP contribution in [0.3, 0.4) is 0 Å². The van der Waals surface area contributed by atoms with Crippen LogP contribution in [0.15, 0.2) is 23.6 Å². The number of aromatic nitrogens is 2. The van der Waals surface area contributed by atoms with Gasteiger partial charge >= 0.3 is 6.03 Å². The van der Waals surface area contributed by atoms with Crippen LogP contribution in [0.2, 0.25) is 0 Å². The van der Waals surface area contributed by atoms with Crippen molar-refractivity contribution < 1.29 is 4.79 Å². The second-order valence-corrected chi connectivity index (χ2v) is 7.91. The number of thiophene rings is 1. The molecule has 2 aliphatic rings. The SMILES string of the molecule is N#Cc1cc2n(n1)CCN(C(=O)NC1CCCN(Cc3cccs3)C1)C2. The van der Waals surface area contributed by atoms with Crippen molar-refractivity contribution in [2.24, 2.45) is 0 Å².